The molecule has 1 amide bonds. The van der Waals surface area contributed by atoms with Crippen molar-refractivity contribution in [1.82, 2.24) is 9.88 Å². The molecule has 1 aliphatic heterocycles. The summed E-state index contributed by atoms with van der Waals surface area (Å²) >= 11 is 0. The lowest BCUT2D eigenvalue weighted by atomic mass is 9.95. The van der Waals surface area contributed by atoms with E-state index in [1.165, 1.54) is 0 Å². The first-order chi connectivity index (χ1) is 11.7. The fourth-order valence-electron chi connectivity index (χ4n) is 3.25. The van der Waals surface area contributed by atoms with Crippen molar-refractivity contribution >= 4 is 11.7 Å². The maximum Gasteiger partial charge on any atom is 0.254 e. The van der Waals surface area contributed by atoms with E-state index in [9.17, 15) is 4.79 Å². The Morgan fingerprint density at radius 1 is 1.21 bits per heavy atom. The molecule has 0 aliphatic carbocycles. The van der Waals surface area contributed by atoms with Gasteiger partial charge in [-0.25, -0.2) is 4.98 Å². The highest BCUT2D eigenvalue weighted by molar-refractivity contribution is 5.94. The number of benzene rings is 1. The number of rotatable bonds is 4. The summed E-state index contributed by atoms with van der Waals surface area (Å²) < 4.78 is 0. The van der Waals surface area contributed by atoms with Crippen LogP contribution in [-0.2, 0) is 0 Å². The van der Waals surface area contributed by atoms with Crippen molar-refractivity contribution in [2.75, 3.05) is 25.0 Å². The first-order valence-corrected chi connectivity index (χ1v) is 8.74. The van der Waals surface area contributed by atoms with E-state index in [4.69, 9.17) is 0 Å². The number of pyridine rings is 1. The van der Waals surface area contributed by atoms with Crippen molar-refractivity contribution in [1.29, 1.82) is 0 Å². The molecule has 0 radical (unpaired) electrons. The van der Waals surface area contributed by atoms with E-state index in [1.807, 2.05) is 48.5 Å². The minimum Gasteiger partial charge on any atom is -0.360 e. The summed E-state index contributed by atoms with van der Waals surface area (Å²) in [7, 11) is 2.04. The fraction of sp³-hybridized carbons (Fsp3) is 0.400. The summed E-state index contributed by atoms with van der Waals surface area (Å²) in [6.45, 7) is 3.85. The fourth-order valence-corrected chi connectivity index (χ4v) is 3.25. The van der Waals surface area contributed by atoms with Gasteiger partial charge in [-0.1, -0.05) is 24.3 Å². The Balaban J connectivity index is 1.83. The summed E-state index contributed by atoms with van der Waals surface area (Å²) in [6, 6.07) is 13.9. The molecule has 1 saturated heterocycles. The van der Waals surface area contributed by atoms with Crippen LogP contribution in [0.25, 0.3) is 0 Å². The van der Waals surface area contributed by atoms with Crippen molar-refractivity contribution < 1.29 is 4.79 Å². The number of carbonyl (C=O) groups is 1. The van der Waals surface area contributed by atoms with E-state index < -0.39 is 0 Å². The third-order valence-corrected chi connectivity index (χ3v) is 4.81. The molecule has 4 heteroatoms. The number of piperidine rings is 1. The number of hydrogen-bond acceptors (Lipinski definition) is 3. The molecule has 3 rings (SSSR count). The summed E-state index contributed by atoms with van der Waals surface area (Å²) in [5, 5.41) is 0. The van der Waals surface area contributed by atoms with Crippen LogP contribution in [0.4, 0.5) is 5.82 Å². The van der Waals surface area contributed by atoms with Gasteiger partial charge in [-0.05, 0) is 49.9 Å². The number of likely N-dealkylation sites (tertiary alicyclic amines) is 1. The second-order valence-corrected chi connectivity index (χ2v) is 6.34. The third kappa shape index (κ3) is 3.42. The molecule has 1 aliphatic rings. The Kier molecular flexibility index (Phi) is 5.14. The number of amides is 1. The number of nitrogens with zero attached hydrogens (tertiary/aromatic N) is 3. The van der Waals surface area contributed by atoms with Gasteiger partial charge in [0, 0.05) is 31.9 Å². The molecule has 0 unspecified atom stereocenters. The molecular formula is C20H25N3O. The van der Waals surface area contributed by atoms with Crippen LogP contribution in [0, 0.1) is 0 Å². The smallest absolute Gasteiger partial charge is 0.254 e. The Bertz CT molecular complexity index is 669. The molecule has 1 atom stereocenters. The highest BCUT2D eigenvalue weighted by Gasteiger charge is 2.28. The monoisotopic (exact) mass is 323 g/mol. The van der Waals surface area contributed by atoms with Crippen LogP contribution >= 0.6 is 0 Å². The minimum absolute atomic E-state index is 0.120. The lowest BCUT2D eigenvalue weighted by Crippen LogP contribution is -2.38. The number of aromatic nitrogens is 1. The van der Waals surface area contributed by atoms with Gasteiger partial charge in [-0.15, -0.1) is 0 Å². The zero-order chi connectivity index (χ0) is 16.9. The second kappa shape index (κ2) is 7.47. The van der Waals surface area contributed by atoms with E-state index in [-0.39, 0.29) is 11.9 Å². The largest absolute Gasteiger partial charge is 0.360 e. The minimum atomic E-state index is 0.120. The molecule has 0 bridgehead atoms. The van der Waals surface area contributed by atoms with Gasteiger partial charge < -0.3 is 9.80 Å². The first-order valence-electron chi connectivity index (χ1n) is 8.74. The van der Waals surface area contributed by atoms with Crippen LogP contribution in [0.1, 0.15) is 48.1 Å². The van der Waals surface area contributed by atoms with E-state index >= 15 is 0 Å². The first kappa shape index (κ1) is 16.5. The van der Waals surface area contributed by atoms with Crippen molar-refractivity contribution in [2.24, 2.45) is 0 Å². The second-order valence-electron chi connectivity index (χ2n) is 6.34. The molecule has 2 aromatic rings. The number of carbonyl (C=O) groups excluding carboxylic acids is 1. The summed E-state index contributed by atoms with van der Waals surface area (Å²) in [5.74, 6) is 1.09. The van der Waals surface area contributed by atoms with Crippen LogP contribution in [0.15, 0.2) is 48.7 Å². The lowest BCUT2D eigenvalue weighted by molar-refractivity contribution is 0.0611. The third-order valence-electron chi connectivity index (χ3n) is 4.81. The maximum absolute atomic E-state index is 12.9. The standard InChI is InChI=1S/C20H25N3O/c1-3-22(2)19-13-12-17(15-21-19)18-11-7-8-14-23(18)20(24)16-9-5-4-6-10-16/h4-6,9-10,12-13,15,18H,3,7-8,11,14H2,1-2H3/t18-/m0/s1. The Hall–Kier alpha value is -2.36. The average Bonchev–Trinajstić information content (AvgIpc) is 2.67. The molecule has 24 heavy (non-hydrogen) atoms. The van der Waals surface area contributed by atoms with Gasteiger partial charge in [-0.3, -0.25) is 4.79 Å². The van der Waals surface area contributed by atoms with E-state index in [0.29, 0.717) is 0 Å². The number of anilines is 1. The van der Waals surface area contributed by atoms with Crippen LogP contribution in [0.5, 0.6) is 0 Å². The quantitative estimate of drug-likeness (QED) is 0.856. The zero-order valence-electron chi connectivity index (χ0n) is 14.5. The van der Waals surface area contributed by atoms with Crippen molar-refractivity contribution in [3.8, 4) is 0 Å². The molecule has 0 saturated carbocycles. The molecular weight excluding hydrogens is 298 g/mol. The van der Waals surface area contributed by atoms with Crippen LogP contribution < -0.4 is 4.90 Å². The topological polar surface area (TPSA) is 36.4 Å². The van der Waals surface area contributed by atoms with Crippen LogP contribution in [-0.4, -0.2) is 35.9 Å². The zero-order valence-corrected chi connectivity index (χ0v) is 14.5. The highest BCUT2D eigenvalue weighted by atomic mass is 16.2. The summed E-state index contributed by atoms with van der Waals surface area (Å²) in [6.07, 6.45) is 5.16. The molecule has 2 heterocycles. The van der Waals surface area contributed by atoms with Crippen molar-refractivity contribution in [3.05, 3.63) is 59.8 Å². The van der Waals surface area contributed by atoms with Crippen molar-refractivity contribution in [3.63, 3.8) is 0 Å². The van der Waals surface area contributed by atoms with Gasteiger partial charge >= 0.3 is 0 Å². The van der Waals surface area contributed by atoms with Crippen LogP contribution in [0.3, 0.4) is 0 Å². The molecule has 0 N–H and O–H groups in total. The van der Waals surface area contributed by atoms with E-state index in [1.54, 1.807) is 0 Å². The van der Waals surface area contributed by atoms with E-state index in [0.717, 1.165) is 49.3 Å². The van der Waals surface area contributed by atoms with Gasteiger partial charge in [0.2, 0.25) is 0 Å². The molecule has 1 aromatic carbocycles. The molecule has 1 fully saturated rings. The van der Waals surface area contributed by atoms with Gasteiger partial charge in [0.1, 0.15) is 5.82 Å². The SMILES string of the molecule is CCN(C)c1ccc([C@@H]2CCCCN2C(=O)c2ccccc2)cn1. The predicted octanol–water partition coefficient (Wildman–Crippen LogP) is 3.91. The normalized spacial score (nSPS) is 17.6. The summed E-state index contributed by atoms with van der Waals surface area (Å²) in [4.78, 5) is 21.6. The van der Waals surface area contributed by atoms with Gasteiger partial charge in [0.05, 0.1) is 6.04 Å². The van der Waals surface area contributed by atoms with E-state index in [2.05, 4.69) is 28.9 Å². The average molecular weight is 323 g/mol. The molecule has 126 valence electrons. The maximum atomic E-state index is 12.9. The predicted molar refractivity (Wildman–Crippen MR) is 97.3 cm³/mol. The van der Waals surface area contributed by atoms with Gasteiger partial charge in [0.25, 0.3) is 5.91 Å². The Labute approximate surface area is 144 Å². The lowest BCUT2D eigenvalue weighted by Gasteiger charge is -2.36. The Morgan fingerprint density at radius 3 is 2.67 bits per heavy atom. The van der Waals surface area contributed by atoms with Gasteiger partial charge in [-0.2, -0.15) is 0 Å². The molecule has 4 nitrogen and oxygen atoms in total. The highest BCUT2D eigenvalue weighted by Crippen LogP contribution is 2.32. The number of hydrogen-bond donors (Lipinski definition) is 0. The van der Waals surface area contributed by atoms with Crippen molar-refractivity contribution in [2.45, 2.75) is 32.2 Å². The van der Waals surface area contributed by atoms with Crippen LogP contribution in [0.2, 0.25) is 0 Å². The summed E-state index contributed by atoms with van der Waals surface area (Å²) in [5.41, 5.74) is 1.90. The molecule has 1 aromatic heterocycles. The van der Waals surface area contributed by atoms with Gasteiger partial charge in [0.15, 0.2) is 0 Å². The Morgan fingerprint density at radius 2 is 2.00 bits per heavy atom. The molecule has 0 spiro atoms.